The van der Waals surface area contributed by atoms with E-state index < -0.39 is 0 Å². The maximum Gasteiger partial charge on any atom is 0.234 e. The molecule has 1 aliphatic heterocycles. The molecule has 0 saturated carbocycles. The molecule has 1 aliphatic rings. The van der Waals surface area contributed by atoms with Crippen LogP contribution in [0.3, 0.4) is 0 Å². The smallest absolute Gasteiger partial charge is 0.234 e. The molecular formula is C16H33N3O. The summed E-state index contributed by atoms with van der Waals surface area (Å²) in [6.45, 7) is 6.62. The van der Waals surface area contributed by atoms with Gasteiger partial charge in [-0.25, -0.2) is 0 Å². The molecule has 20 heavy (non-hydrogen) atoms. The number of nitrogens with zero attached hydrogens (tertiary/aromatic N) is 1. The molecule has 0 aromatic heterocycles. The third kappa shape index (κ3) is 6.71. The molecule has 118 valence electrons. The maximum atomic E-state index is 12.1. The topological polar surface area (TPSA) is 58.4 Å². The van der Waals surface area contributed by atoms with Gasteiger partial charge in [0.25, 0.3) is 0 Å². The highest BCUT2D eigenvalue weighted by atomic mass is 16.2. The van der Waals surface area contributed by atoms with Gasteiger partial charge in [0.05, 0.1) is 6.54 Å². The van der Waals surface area contributed by atoms with E-state index in [1.165, 1.54) is 38.5 Å². The number of unbranched alkanes of at least 4 members (excludes halogenated alkanes) is 2. The van der Waals surface area contributed by atoms with Crippen molar-refractivity contribution >= 4 is 5.91 Å². The molecule has 0 bridgehead atoms. The van der Waals surface area contributed by atoms with E-state index in [4.69, 9.17) is 5.73 Å². The van der Waals surface area contributed by atoms with Crippen molar-refractivity contribution in [1.82, 2.24) is 10.2 Å². The van der Waals surface area contributed by atoms with Gasteiger partial charge in [0, 0.05) is 12.1 Å². The van der Waals surface area contributed by atoms with E-state index in [2.05, 4.69) is 24.1 Å². The monoisotopic (exact) mass is 283 g/mol. The first-order valence-corrected chi connectivity index (χ1v) is 8.40. The summed E-state index contributed by atoms with van der Waals surface area (Å²) in [5.74, 6) is 0.179. The molecule has 4 heteroatoms. The molecule has 3 N–H and O–H groups in total. The Morgan fingerprint density at radius 1 is 1.40 bits per heavy atom. The van der Waals surface area contributed by atoms with Crippen molar-refractivity contribution in [3.63, 3.8) is 0 Å². The Kier molecular flexibility index (Phi) is 8.86. The van der Waals surface area contributed by atoms with Gasteiger partial charge in [-0.1, -0.05) is 32.6 Å². The number of hydrogen-bond donors (Lipinski definition) is 2. The molecule has 0 aromatic rings. The molecule has 0 spiro atoms. The van der Waals surface area contributed by atoms with Crippen molar-refractivity contribution in [2.24, 2.45) is 5.73 Å². The Balaban J connectivity index is 2.28. The quantitative estimate of drug-likeness (QED) is 0.638. The predicted octanol–water partition coefficient (Wildman–Crippen LogP) is 2.27. The van der Waals surface area contributed by atoms with Gasteiger partial charge in [0.15, 0.2) is 0 Å². The van der Waals surface area contributed by atoms with Crippen LogP contribution in [0.2, 0.25) is 0 Å². The van der Waals surface area contributed by atoms with Crippen LogP contribution in [0.15, 0.2) is 0 Å². The zero-order valence-electron chi connectivity index (χ0n) is 13.4. The third-order valence-electron chi connectivity index (χ3n) is 4.24. The van der Waals surface area contributed by atoms with Crippen LogP contribution in [0.4, 0.5) is 0 Å². The summed E-state index contributed by atoms with van der Waals surface area (Å²) in [4.78, 5) is 14.4. The lowest BCUT2D eigenvalue weighted by Gasteiger charge is -2.35. The van der Waals surface area contributed by atoms with Gasteiger partial charge < -0.3 is 11.1 Å². The fourth-order valence-electron chi connectivity index (χ4n) is 3.07. The van der Waals surface area contributed by atoms with E-state index in [1.54, 1.807) is 0 Å². The summed E-state index contributed by atoms with van der Waals surface area (Å²) in [6.07, 6.45) is 9.47. The highest BCUT2D eigenvalue weighted by molar-refractivity contribution is 5.78. The molecule has 0 radical (unpaired) electrons. The lowest BCUT2D eigenvalue weighted by atomic mass is 9.99. The summed E-state index contributed by atoms with van der Waals surface area (Å²) in [5.41, 5.74) is 5.67. The molecule has 1 heterocycles. The minimum absolute atomic E-state index is 0.179. The molecule has 1 amide bonds. The largest absolute Gasteiger partial charge is 0.353 e. The van der Waals surface area contributed by atoms with E-state index in [0.717, 1.165) is 25.9 Å². The van der Waals surface area contributed by atoms with E-state index in [1.807, 2.05) is 0 Å². The molecule has 4 nitrogen and oxygen atoms in total. The second kappa shape index (κ2) is 10.2. The molecule has 1 saturated heterocycles. The first kappa shape index (κ1) is 17.4. The zero-order valence-corrected chi connectivity index (χ0v) is 13.4. The van der Waals surface area contributed by atoms with Gasteiger partial charge in [-0.3, -0.25) is 9.69 Å². The van der Waals surface area contributed by atoms with Crippen molar-refractivity contribution < 1.29 is 4.79 Å². The van der Waals surface area contributed by atoms with Crippen LogP contribution in [-0.4, -0.2) is 42.5 Å². The molecule has 2 atom stereocenters. The Bertz CT molecular complexity index is 268. The summed E-state index contributed by atoms with van der Waals surface area (Å²) >= 11 is 0. The van der Waals surface area contributed by atoms with E-state index in [-0.39, 0.29) is 5.91 Å². The Morgan fingerprint density at radius 3 is 2.90 bits per heavy atom. The third-order valence-corrected chi connectivity index (χ3v) is 4.24. The Hall–Kier alpha value is -0.610. The second-order valence-electron chi connectivity index (χ2n) is 6.16. The van der Waals surface area contributed by atoms with E-state index >= 15 is 0 Å². The number of nitrogens with one attached hydrogen (secondary N) is 1. The normalized spacial score (nSPS) is 21.6. The Labute approximate surface area is 124 Å². The fourth-order valence-corrected chi connectivity index (χ4v) is 3.07. The molecule has 0 aliphatic carbocycles. The van der Waals surface area contributed by atoms with E-state index in [9.17, 15) is 4.79 Å². The molecule has 1 fully saturated rings. The van der Waals surface area contributed by atoms with Crippen LogP contribution in [0.1, 0.15) is 65.2 Å². The van der Waals surface area contributed by atoms with Crippen molar-refractivity contribution in [2.75, 3.05) is 19.6 Å². The minimum atomic E-state index is 0.179. The number of carbonyl (C=O) groups excluding carboxylic acids is 1. The van der Waals surface area contributed by atoms with Crippen molar-refractivity contribution in [3.8, 4) is 0 Å². The number of nitrogens with two attached hydrogens (primary N) is 1. The van der Waals surface area contributed by atoms with Gasteiger partial charge >= 0.3 is 0 Å². The first-order valence-electron chi connectivity index (χ1n) is 8.40. The predicted molar refractivity (Wildman–Crippen MR) is 84.6 cm³/mol. The van der Waals surface area contributed by atoms with Gasteiger partial charge in [-0.05, 0) is 45.7 Å². The van der Waals surface area contributed by atoms with Crippen molar-refractivity contribution in [1.29, 1.82) is 0 Å². The van der Waals surface area contributed by atoms with Gasteiger partial charge in [-0.15, -0.1) is 0 Å². The number of amides is 1. The van der Waals surface area contributed by atoms with Gasteiger partial charge in [-0.2, -0.15) is 0 Å². The number of piperidine rings is 1. The molecular weight excluding hydrogens is 250 g/mol. The minimum Gasteiger partial charge on any atom is -0.353 e. The molecule has 0 aromatic carbocycles. The number of carbonyl (C=O) groups is 1. The Morgan fingerprint density at radius 2 is 2.20 bits per heavy atom. The SMILES string of the molecule is CCCCCC(C)NC(=O)CN1CCCCC1CCN. The summed E-state index contributed by atoms with van der Waals surface area (Å²) in [7, 11) is 0. The summed E-state index contributed by atoms with van der Waals surface area (Å²) in [6, 6.07) is 0.807. The molecule has 2 unspecified atom stereocenters. The lowest BCUT2D eigenvalue weighted by Crippen LogP contribution is -2.47. The van der Waals surface area contributed by atoms with Crippen LogP contribution in [0.25, 0.3) is 0 Å². The number of rotatable bonds is 9. The highest BCUT2D eigenvalue weighted by Gasteiger charge is 2.23. The zero-order chi connectivity index (χ0) is 14.8. The van der Waals surface area contributed by atoms with Crippen LogP contribution < -0.4 is 11.1 Å². The fraction of sp³-hybridized carbons (Fsp3) is 0.938. The van der Waals surface area contributed by atoms with Crippen molar-refractivity contribution in [3.05, 3.63) is 0 Å². The van der Waals surface area contributed by atoms with Crippen LogP contribution in [0.5, 0.6) is 0 Å². The van der Waals surface area contributed by atoms with Gasteiger partial charge in [0.2, 0.25) is 5.91 Å². The van der Waals surface area contributed by atoms with Crippen molar-refractivity contribution in [2.45, 2.75) is 77.3 Å². The van der Waals surface area contributed by atoms with Crippen LogP contribution >= 0.6 is 0 Å². The maximum absolute atomic E-state index is 12.1. The summed E-state index contributed by atoms with van der Waals surface area (Å²) in [5, 5.41) is 3.14. The summed E-state index contributed by atoms with van der Waals surface area (Å²) < 4.78 is 0. The first-order chi connectivity index (χ1) is 9.67. The second-order valence-corrected chi connectivity index (χ2v) is 6.16. The highest BCUT2D eigenvalue weighted by Crippen LogP contribution is 2.18. The average molecular weight is 283 g/mol. The standard InChI is InChI=1S/C16H33N3O/c1-3-4-5-8-14(2)18-16(20)13-19-12-7-6-9-15(19)10-11-17/h14-15H,3-13,17H2,1-2H3,(H,18,20). The average Bonchev–Trinajstić information content (AvgIpc) is 2.41. The number of hydrogen-bond acceptors (Lipinski definition) is 3. The number of likely N-dealkylation sites (tertiary alicyclic amines) is 1. The van der Waals surface area contributed by atoms with E-state index in [0.29, 0.717) is 18.6 Å². The van der Waals surface area contributed by atoms with Crippen LogP contribution in [0, 0.1) is 0 Å². The molecule has 1 rings (SSSR count). The van der Waals surface area contributed by atoms with Gasteiger partial charge in [0.1, 0.15) is 0 Å². The van der Waals surface area contributed by atoms with Crippen LogP contribution in [-0.2, 0) is 4.79 Å². The lowest BCUT2D eigenvalue weighted by molar-refractivity contribution is -0.123.